The Hall–Kier alpha value is -1.26. The van der Waals surface area contributed by atoms with Crippen molar-refractivity contribution in [1.29, 1.82) is 0 Å². The van der Waals surface area contributed by atoms with Gasteiger partial charge in [0.1, 0.15) is 0 Å². The Bertz CT molecular complexity index is 284. The normalized spacial score (nSPS) is 22.6. The summed E-state index contributed by atoms with van der Waals surface area (Å²) >= 11 is 0. The summed E-state index contributed by atoms with van der Waals surface area (Å²) in [6, 6.07) is 0. The van der Waals surface area contributed by atoms with E-state index in [1.165, 1.54) is 6.08 Å². The van der Waals surface area contributed by atoms with Crippen LogP contribution in [-0.2, 0) is 0 Å². The average molecular weight is 189 g/mol. The van der Waals surface area contributed by atoms with E-state index >= 15 is 0 Å². The molecule has 0 radical (unpaired) electrons. The first-order chi connectivity index (χ1) is 6.00. The molecule has 0 saturated carbocycles. The summed E-state index contributed by atoms with van der Waals surface area (Å²) in [5.41, 5.74) is -0.379. The number of hydrogen-bond donors (Lipinski definition) is 0. The Morgan fingerprint density at radius 3 is 2.77 bits per heavy atom. The molecular formula is C8H9F2NO2. The number of nitrogens with zero attached hydrogens (tertiary/aromatic N) is 1. The Labute approximate surface area is 73.9 Å². The van der Waals surface area contributed by atoms with Gasteiger partial charge in [-0.1, -0.05) is 6.92 Å². The molecule has 0 aromatic carbocycles. The molecule has 0 spiro atoms. The second-order valence-corrected chi connectivity index (χ2v) is 3.05. The van der Waals surface area contributed by atoms with Gasteiger partial charge in [-0.2, -0.15) is 0 Å². The van der Waals surface area contributed by atoms with E-state index in [0.29, 0.717) is 0 Å². The lowest BCUT2D eigenvalue weighted by Gasteiger charge is -2.13. The summed E-state index contributed by atoms with van der Waals surface area (Å²) in [6.45, 7) is 1.68. The SMILES string of the molecule is CC1C=C([N+](=O)[O-])C=C(C(F)F)C1. The summed E-state index contributed by atoms with van der Waals surface area (Å²) in [7, 11) is 0. The fourth-order valence-electron chi connectivity index (χ4n) is 1.28. The van der Waals surface area contributed by atoms with E-state index in [9.17, 15) is 18.9 Å². The van der Waals surface area contributed by atoms with Gasteiger partial charge in [-0.25, -0.2) is 8.78 Å². The minimum absolute atomic E-state index is 0.151. The molecule has 72 valence electrons. The first-order valence-corrected chi connectivity index (χ1v) is 3.85. The molecule has 0 amide bonds. The van der Waals surface area contributed by atoms with Crippen LogP contribution < -0.4 is 0 Å². The molecule has 0 fully saturated rings. The number of halogens is 2. The van der Waals surface area contributed by atoms with Gasteiger partial charge in [0.05, 0.1) is 4.92 Å². The number of rotatable bonds is 2. The molecule has 0 bridgehead atoms. The quantitative estimate of drug-likeness (QED) is 0.494. The van der Waals surface area contributed by atoms with Crippen LogP contribution in [0.3, 0.4) is 0 Å². The summed E-state index contributed by atoms with van der Waals surface area (Å²) in [4.78, 5) is 9.68. The van der Waals surface area contributed by atoms with Crippen molar-refractivity contribution in [3.63, 3.8) is 0 Å². The maximum absolute atomic E-state index is 12.2. The van der Waals surface area contributed by atoms with Gasteiger partial charge in [-0.15, -0.1) is 0 Å². The average Bonchev–Trinajstić information content (AvgIpc) is 2.03. The number of hydrogen-bond acceptors (Lipinski definition) is 2. The lowest BCUT2D eigenvalue weighted by Crippen LogP contribution is -2.11. The van der Waals surface area contributed by atoms with Crippen molar-refractivity contribution in [2.45, 2.75) is 19.8 Å². The van der Waals surface area contributed by atoms with Crippen LogP contribution in [0.15, 0.2) is 23.4 Å². The lowest BCUT2D eigenvalue weighted by atomic mass is 9.95. The van der Waals surface area contributed by atoms with Gasteiger partial charge in [0.25, 0.3) is 12.1 Å². The molecule has 1 unspecified atom stereocenters. The van der Waals surface area contributed by atoms with Gasteiger partial charge in [0, 0.05) is 11.6 Å². The van der Waals surface area contributed by atoms with Gasteiger partial charge in [-0.05, 0) is 18.4 Å². The number of nitro groups is 1. The largest absolute Gasteiger partial charge is 0.265 e. The van der Waals surface area contributed by atoms with Crippen LogP contribution in [0.25, 0.3) is 0 Å². The molecule has 0 aliphatic heterocycles. The lowest BCUT2D eigenvalue weighted by molar-refractivity contribution is -0.419. The maximum Gasteiger partial charge on any atom is 0.265 e. The van der Waals surface area contributed by atoms with E-state index in [2.05, 4.69) is 0 Å². The third kappa shape index (κ3) is 2.34. The van der Waals surface area contributed by atoms with E-state index in [1.807, 2.05) is 0 Å². The molecule has 1 rings (SSSR count). The van der Waals surface area contributed by atoms with Crippen molar-refractivity contribution in [3.05, 3.63) is 33.5 Å². The van der Waals surface area contributed by atoms with Crippen LogP contribution in [0.4, 0.5) is 8.78 Å². The minimum Gasteiger partial charge on any atom is -0.258 e. The summed E-state index contributed by atoms with van der Waals surface area (Å²) in [6.07, 6.45) is -0.0305. The molecule has 1 aliphatic rings. The molecule has 0 heterocycles. The Kier molecular flexibility index (Phi) is 2.75. The topological polar surface area (TPSA) is 43.1 Å². The monoisotopic (exact) mass is 189 g/mol. The van der Waals surface area contributed by atoms with Gasteiger partial charge >= 0.3 is 0 Å². The van der Waals surface area contributed by atoms with Crippen LogP contribution >= 0.6 is 0 Å². The Morgan fingerprint density at radius 2 is 2.31 bits per heavy atom. The zero-order valence-corrected chi connectivity index (χ0v) is 7.04. The van der Waals surface area contributed by atoms with Crippen LogP contribution in [0, 0.1) is 16.0 Å². The van der Waals surface area contributed by atoms with E-state index in [-0.39, 0.29) is 23.6 Å². The van der Waals surface area contributed by atoms with Gasteiger partial charge in [-0.3, -0.25) is 10.1 Å². The van der Waals surface area contributed by atoms with Gasteiger partial charge < -0.3 is 0 Å². The highest BCUT2D eigenvalue weighted by Gasteiger charge is 2.23. The molecule has 5 heteroatoms. The summed E-state index contributed by atoms with van der Waals surface area (Å²) in [5.74, 6) is -0.186. The van der Waals surface area contributed by atoms with Crippen LogP contribution in [-0.4, -0.2) is 11.3 Å². The smallest absolute Gasteiger partial charge is 0.258 e. The minimum atomic E-state index is -2.59. The first-order valence-electron chi connectivity index (χ1n) is 3.85. The number of allylic oxidation sites excluding steroid dienone is 3. The van der Waals surface area contributed by atoms with Crippen molar-refractivity contribution in [3.8, 4) is 0 Å². The summed E-state index contributed by atoms with van der Waals surface area (Å²) < 4.78 is 24.4. The second kappa shape index (κ2) is 3.64. The van der Waals surface area contributed by atoms with E-state index in [0.717, 1.165) is 6.08 Å². The van der Waals surface area contributed by atoms with Crippen LogP contribution in [0.1, 0.15) is 13.3 Å². The molecule has 1 aliphatic carbocycles. The third-order valence-corrected chi connectivity index (χ3v) is 1.84. The highest BCUT2D eigenvalue weighted by atomic mass is 19.3. The molecule has 0 N–H and O–H groups in total. The van der Waals surface area contributed by atoms with Crippen molar-refractivity contribution in [1.82, 2.24) is 0 Å². The molecule has 0 aromatic rings. The van der Waals surface area contributed by atoms with E-state index in [4.69, 9.17) is 0 Å². The molecule has 0 saturated heterocycles. The Balaban J connectivity index is 2.91. The first kappa shape index (κ1) is 9.83. The molecular weight excluding hydrogens is 180 g/mol. The fourth-order valence-corrected chi connectivity index (χ4v) is 1.28. The maximum atomic E-state index is 12.2. The van der Waals surface area contributed by atoms with Crippen molar-refractivity contribution >= 4 is 0 Å². The summed E-state index contributed by atoms with van der Waals surface area (Å²) in [5, 5.41) is 10.3. The molecule has 13 heavy (non-hydrogen) atoms. The van der Waals surface area contributed by atoms with Crippen molar-refractivity contribution in [2.24, 2.45) is 5.92 Å². The predicted octanol–water partition coefficient (Wildman–Crippen LogP) is 2.38. The van der Waals surface area contributed by atoms with E-state index < -0.39 is 11.3 Å². The molecule has 0 aromatic heterocycles. The fraction of sp³-hybridized carbons (Fsp3) is 0.500. The zero-order chi connectivity index (χ0) is 10.0. The molecule has 3 nitrogen and oxygen atoms in total. The predicted molar refractivity (Wildman–Crippen MR) is 42.9 cm³/mol. The standard InChI is InChI=1S/C8H9F2NO2/c1-5-2-6(8(9)10)4-7(3-5)11(12)13/h3-5,8H,2H2,1H3. The zero-order valence-electron chi connectivity index (χ0n) is 7.04. The second-order valence-electron chi connectivity index (χ2n) is 3.05. The third-order valence-electron chi connectivity index (χ3n) is 1.84. The number of alkyl halides is 2. The van der Waals surface area contributed by atoms with Gasteiger partial charge in [0.15, 0.2) is 0 Å². The highest BCUT2D eigenvalue weighted by Crippen LogP contribution is 2.26. The van der Waals surface area contributed by atoms with Crippen LogP contribution in [0.2, 0.25) is 0 Å². The highest BCUT2D eigenvalue weighted by molar-refractivity contribution is 5.25. The van der Waals surface area contributed by atoms with E-state index in [1.54, 1.807) is 6.92 Å². The van der Waals surface area contributed by atoms with Crippen molar-refractivity contribution < 1.29 is 13.7 Å². The molecule has 1 atom stereocenters. The van der Waals surface area contributed by atoms with Gasteiger partial charge in [0.2, 0.25) is 0 Å². The Morgan fingerprint density at radius 1 is 1.69 bits per heavy atom. The van der Waals surface area contributed by atoms with Crippen LogP contribution in [0.5, 0.6) is 0 Å². The van der Waals surface area contributed by atoms with Crippen molar-refractivity contribution in [2.75, 3.05) is 0 Å².